The maximum absolute atomic E-state index is 14.3. The number of nitrogens with one attached hydrogen (secondary N) is 2. The first-order valence-electron chi connectivity index (χ1n) is 10.2. The molecule has 1 aliphatic heterocycles. The van der Waals surface area contributed by atoms with Gasteiger partial charge >= 0.3 is 0 Å². The minimum atomic E-state index is -0.882. The van der Waals surface area contributed by atoms with Gasteiger partial charge in [0.25, 0.3) is 0 Å². The molecule has 0 radical (unpaired) electrons. The lowest BCUT2D eigenvalue weighted by Gasteiger charge is -2.28. The van der Waals surface area contributed by atoms with Crippen LogP contribution < -0.4 is 15.4 Å². The highest BCUT2D eigenvalue weighted by molar-refractivity contribution is 5.63. The number of alkyl halides is 1. The Balaban J connectivity index is 1.52. The number of hydrogen-bond donors (Lipinski definition) is 2. The molecule has 0 bridgehead atoms. The van der Waals surface area contributed by atoms with Crippen molar-refractivity contribution in [3.8, 4) is 17.1 Å². The topological polar surface area (TPSA) is 76.4 Å². The predicted octanol–water partition coefficient (Wildman–Crippen LogP) is 3.10. The molecule has 4 heterocycles. The number of fused-ring (bicyclic) bond motifs is 1. The largest absolute Gasteiger partial charge is 0.495 e. The maximum atomic E-state index is 14.3. The third-order valence-corrected chi connectivity index (χ3v) is 5.75. The molecule has 0 aromatic carbocycles. The highest BCUT2D eigenvalue weighted by atomic mass is 19.1. The van der Waals surface area contributed by atoms with Crippen molar-refractivity contribution in [3.63, 3.8) is 0 Å². The number of anilines is 1. The average Bonchev–Trinajstić information content (AvgIpc) is 3.50. The van der Waals surface area contributed by atoms with Gasteiger partial charge in [-0.15, -0.1) is 0 Å². The molecule has 0 spiro atoms. The first-order chi connectivity index (χ1) is 14.1. The van der Waals surface area contributed by atoms with E-state index in [0.29, 0.717) is 31.2 Å². The minimum absolute atomic E-state index is 0.281. The molecule has 1 saturated heterocycles. The first-order valence-corrected chi connectivity index (χ1v) is 10.2. The number of hydrogen-bond acceptors (Lipinski definition) is 6. The van der Waals surface area contributed by atoms with Crippen molar-refractivity contribution in [3.05, 3.63) is 35.7 Å². The number of rotatable bonds is 5. The van der Waals surface area contributed by atoms with Crippen LogP contribution in [0.2, 0.25) is 0 Å². The Labute approximate surface area is 168 Å². The number of piperidine rings is 1. The smallest absolute Gasteiger partial charge is 0.157 e. The Morgan fingerprint density at radius 1 is 1.28 bits per heavy atom. The molecule has 1 saturated carbocycles. The van der Waals surface area contributed by atoms with E-state index < -0.39 is 6.17 Å². The monoisotopic (exact) mass is 396 g/mol. The van der Waals surface area contributed by atoms with Crippen LogP contribution in [0.5, 0.6) is 5.75 Å². The number of pyridine rings is 1. The summed E-state index contributed by atoms with van der Waals surface area (Å²) in [5.41, 5.74) is 4.24. The molecule has 7 nitrogen and oxygen atoms in total. The standard InChI is InChI=1S/C21H25FN6O/c1-12-3-6-15(25-21(12)26-16-10-23-8-7-14(16)22)17-11-24-19-9-18(29-2)20(13-4-5-13)27-28(17)19/h3,6,9,11,13-14,16,23H,4-5,7-8,10H2,1-2H3,(H,25,26). The second-order valence-corrected chi connectivity index (χ2v) is 7.91. The fraction of sp³-hybridized carbons (Fsp3) is 0.476. The van der Waals surface area contributed by atoms with Gasteiger partial charge in [-0.1, -0.05) is 6.07 Å². The van der Waals surface area contributed by atoms with Crippen molar-refractivity contribution in [2.75, 3.05) is 25.5 Å². The van der Waals surface area contributed by atoms with Crippen LogP contribution in [0.25, 0.3) is 17.0 Å². The predicted molar refractivity (Wildman–Crippen MR) is 109 cm³/mol. The van der Waals surface area contributed by atoms with Gasteiger partial charge in [-0.25, -0.2) is 18.9 Å². The molecule has 1 aliphatic carbocycles. The zero-order chi connectivity index (χ0) is 20.0. The minimum Gasteiger partial charge on any atom is -0.495 e. The van der Waals surface area contributed by atoms with Gasteiger partial charge in [0.2, 0.25) is 0 Å². The summed E-state index contributed by atoms with van der Waals surface area (Å²) in [6.07, 6.45) is 3.68. The van der Waals surface area contributed by atoms with Gasteiger partial charge in [-0.05, 0) is 44.4 Å². The van der Waals surface area contributed by atoms with E-state index in [4.69, 9.17) is 14.8 Å². The molecule has 2 N–H and O–H groups in total. The molecule has 2 unspecified atom stereocenters. The molecule has 5 rings (SSSR count). The van der Waals surface area contributed by atoms with E-state index in [1.54, 1.807) is 13.3 Å². The molecule has 8 heteroatoms. The average molecular weight is 396 g/mol. The van der Waals surface area contributed by atoms with Gasteiger partial charge < -0.3 is 15.4 Å². The summed E-state index contributed by atoms with van der Waals surface area (Å²) in [5.74, 6) is 1.94. The Kier molecular flexibility index (Phi) is 4.58. The van der Waals surface area contributed by atoms with Crippen molar-refractivity contribution >= 4 is 11.5 Å². The number of nitrogens with zero attached hydrogens (tertiary/aromatic N) is 4. The molecule has 2 fully saturated rings. The molecule has 2 atom stereocenters. The molecule has 152 valence electrons. The van der Waals surface area contributed by atoms with E-state index in [1.807, 2.05) is 29.6 Å². The number of aromatic nitrogens is 4. The van der Waals surface area contributed by atoms with E-state index in [9.17, 15) is 4.39 Å². The van der Waals surface area contributed by atoms with Gasteiger partial charge in [-0.2, -0.15) is 5.10 Å². The van der Waals surface area contributed by atoms with E-state index in [1.165, 1.54) is 0 Å². The fourth-order valence-corrected chi connectivity index (χ4v) is 3.85. The number of methoxy groups -OCH3 is 1. The second kappa shape index (κ2) is 7.26. The Morgan fingerprint density at radius 2 is 2.14 bits per heavy atom. The number of ether oxygens (including phenoxy) is 1. The third-order valence-electron chi connectivity index (χ3n) is 5.75. The van der Waals surface area contributed by atoms with E-state index >= 15 is 0 Å². The van der Waals surface area contributed by atoms with Gasteiger partial charge in [0, 0.05) is 18.5 Å². The molecule has 3 aromatic heterocycles. The highest BCUT2D eigenvalue weighted by Crippen LogP contribution is 2.43. The van der Waals surface area contributed by atoms with Crippen molar-refractivity contribution in [1.82, 2.24) is 24.9 Å². The van der Waals surface area contributed by atoms with E-state index in [0.717, 1.165) is 46.9 Å². The Bertz CT molecular complexity index is 1050. The summed E-state index contributed by atoms with van der Waals surface area (Å²) in [7, 11) is 1.67. The van der Waals surface area contributed by atoms with Crippen molar-refractivity contribution in [2.45, 2.75) is 44.3 Å². The Hall–Kier alpha value is -2.74. The van der Waals surface area contributed by atoms with Gasteiger partial charge in [0.1, 0.15) is 29.1 Å². The lowest BCUT2D eigenvalue weighted by molar-refractivity contribution is 0.241. The molecular formula is C21H25FN6O. The molecule has 0 amide bonds. The van der Waals surface area contributed by atoms with Crippen molar-refractivity contribution < 1.29 is 9.13 Å². The van der Waals surface area contributed by atoms with Gasteiger partial charge in [-0.3, -0.25) is 0 Å². The van der Waals surface area contributed by atoms with Crippen LogP contribution in [-0.2, 0) is 0 Å². The summed E-state index contributed by atoms with van der Waals surface area (Å²) >= 11 is 0. The van der Waals surface area contributed by atoms with E-state index in [-0.39, 0.29) is 6.04 Å². The molecule has 29 heavy (non-hydrogen) atoms. The van der Waals surface area contributed by atoms with Crippen molar-refractivity contribution in [1.29, 1.82) is 0 Å². The quantitative estimate of drug-likeness (QED) is 0.690. The Morgan fingerprint density at radius 3 is 2.90 bits per heavy atom. The highest BCUT2D eigenvalue weighted by Gasteiger charge is 2.30. The number of halogens is 1. The summed E-state index contributed by atoms with van der Waals surface area (Å²) in [5, 5.41) is 11.3. The third kappa shape index (κ3) is 3.42. The van der Waals surface area contributed by atoms with Crippen LogP contribution >= 0.6 is 0 Å². The number of imidazole rings is 1. The fourth-order valence-electron chi connectivity index (χ4n) is 3.85. The SMILES string of the molecule is COc1cc2ncc(-c3ccc(C)c(NC4CNCCC4F)n3)n2nc1C1CC1. The van der Waals surface area contributed by atoms with Crippen LogP contribution in [0.3, 0.4) is 0 Å². The zero-order valence-electron chi connectivity index (χ0n) is 16.7. The van der Waals surface area contributed by atoms with Crippen LogP contribution in [0, 0.1) is 6.92 Å². The van der Waals surface area contributed by atoms with E-state index in [2.05, 4.69) is 15.6 Å². The lowest BCUT2D eigenvalue weighted by atomic mass is 10.1. The van der Waals surface area contributed by atoms with Gasteiger partial charge in [0.05, 0.1) is 25.0 Å². The zero-order valence-corrected chi connectivity index (χ0v) is 16.7. The second-order valence-electron chi connectivity index (χ2n) is 7.91. The van der Waals surface area contributed by atoms with Crippen molar-refractivity contribution in [2.24, 2.45) is 0 Å². The van der Waals surface area contributed by atoms with Crippen LogP contribution in [0.4, 0.5) is 10.2 Å². The summed E-state index contributed by atoms with van der Waals surface area (Å²) < 4.78 is 21.6. The van der Waals surface area contributed by atoms with Gasteiger partial charge in [0.15, 0.2) is 5.65 Å². The summed E-state index contributed by atoms with van der Waals surface area (Å²) in [4.78, 5) is 9.28. The maximum Gasteiger partial charge on any atom is 0.157 e. The van der Waals surface area contributed by atoms with Crippen LogP contribution in [-0.4, -0.2) is 52.0 Å². The van der Waals surface area contributed by atoms with Crippen LogP contribution in [0.15, 0.2) is 24.4 Å². The first kappa shape index (κ1) is 18.3. The molecule has 3 aromatic rings. The number of aryl methyl sites for hydroxylation is 1. The summed E-state index contributed by atoms with van der Waals surface area (Å²) in [6, 6.07) is 5.60. The normalized spacial score (nSPS) is 22.0. The molecule has 2 aliphatic rings. The van der Waals surface area contributed by atoms with Crippen LogP contribution in [0.1, 0.15) is 36.4 Å². The lowest BCUT2D eigenvalue weighted by Crippen LogP contribution is -2.46. The summed E-state index contributed by atoms with van der Waals surface area (Å²) in [6.45, 7) is 3.28. The molecular weight excluding hydrogens is 371 g/mol.